The molecule has 0 fully saturated rings. The zero-order chi connectivity index (χ0) is 46.1. The number of pyridine rings is 3. The first-order chi connectivity index (χ1) is 33.6. The Morgan fingerprint density at radius 2 is 0.884 bits per heavy atom. The smallest absolute Gasteiger partial charge is 0.305 e. The summed E-state index contributed by atoms with van der Waals surface area (Å²) >= 11 is 0. The summed E-state index contributed by atoms with van der Waals surface area (Å²) in [5.74, 6) is 0. The van der Waals surface area contributed by atoms with Gasteiger partial charge in [-0.3, -0.25) is 0 Å². The van der Waals surface area contributed by atoms with Crippen molar-refractivity contribution in [1.82, 2.24) is 15.0 Å². The van der Waals surface area contributed by atoms with Crippen LogP contribution in [0.25, 0.3) is 78.3 Å². The van der Waals surface area contributed by atoms with Gasteiger partial charge in [-0.2, -0.15) is 10.5 Å². The maximum absolute atomic E-state index is 10.7. The maximum atomic E-state index is 10.7. The van der Waals surface area contributed by atoms with Crippen LogP contribution in [0.5, 0.6) is 0 Å². The Morgan fingerprint density at radius 1 is 0.362 bits per heavy atom. The predicted octanol–water partition coefficient (Wildman–Crippen LogP) is 14.3. The number of hydrogen-bond donors (Lipinski definition) is 0. The monoisotopic (exact) mass is 1060 g/mol. The van der Waals surface area contributed by atoms with Gasteiger partial charge in [-0.05, 0) is 105 Å². The molecule has 0 saturated heterocycles. The van der Waals surface area contributed by atoms with Gasteiger partial charge in [0.05, 0.1) is 23.3 Å². The Kier molecular flexibility index (Phi) is 14.3. The van der Waals surface area contributed by atoms with E-state index in [9.17, 15) is 10.5 Å². The third-order valence-electron chi connectivity index (χ3n) is 12.3. The first kappa shape index (κ1) is 45.8. The summed E-state index contributed by atoms with van der Waals surface area (Å²) in [6, 6.07) is 78.9. The Balaban J connectivity index is 0.00000593. The second-order valence-electron chi connectivity index (χ2n) is 16.7. The van der Waals surface area contributed by atoms with Crippen LogP contribution in [0, 0.1) is 40.9 Å². The Morgan fingerprint density at radius 3 is 1.41 bits per heavy atom. The number of aromatic nitrogens is 3. The molecule has 0 saturated carbocycles. The van der Waals surface area contributed by atoms with E-state index in [0.29, 0.717) is 11.1 Å². The molecule has 5 nitrogen and oxygen atoms in total. The average Bonchev–Trinajstić information content (AvgIpc) is 3.42. The molecule has 0 aliphatic heterocycles. The van der Waals surface area contributed by atoms with Crippen LogP contribution in [0.2, 0.25) is 0 Å². The standard InChI is InChI=1S/C63H42N5.Ir/c64-42-46-22-24-49(25-23-46)52-30-32-57(55(40-52)43-65)60-41-53(63-13-5-8-36-68-63)31-33-59(60)58-10-2-1-9-56(58)54-38-47(16-14-44-18-26-50(27-19-44)61-11-3-6-34-66-61)37-48(39-54)17-15-45-20-28-51(29-21-45)62-12-4-7-35-67-62;/h1-13,18-26,28,30,32-41H,14-17H2;/q-3;+3. The fourth-order valence-electron chi connectivity index (χ4n) is 8.74. The second kappa shape index (κ2) is 21.5. The molecule has 0 atom stereocenters. The summed E-state index contributed by atoms with van der Waals surface area (Å²) in [4.78, 5) is 13.7. The van der Waals surface area contributed by atoms with Crippen LogP contribution in [-0.2, 0) is 45.8 Å². The molecule has 0 amide bonds. The number of nitrogens with zero attached hydrogens (tertiary/aromatic N) is 5. The fraction of sp³-hybridized carbons (Fsp3) is 0.0635. The van der Waals surface area contributed by atoms with Crippen LogP contribution < -0.4 is 0 Å². The van der Waals surface area contributed by atoms with Gasteiger partial charge in [-0.15, -0.1) is 94.5 Å². The summed E-state index contributed by atoms with van der Waals surface area (Å²) in [5, 5.41) is 20.1. The summed E-state index contributed by atoms with van der Waals surface area (Å²) < 4.78 is 0. The van der Waals surface area contributed by atoms with Gasteiger partial charge in [0.15, 0.2) is 0 Å². The van der Waals surface area contributed by atoms with Crippen LogP contribution in [0.15, 0.2) is 207 Å². The number of benzene rings is 7. The zero-order valence-electron chi connectivity index (χ0n) is 37.5. The van der Waals surface area contributed by atoms with E-state index < -0.39 is 0 Å². The summed E-state index contributed by atoms with van der Waals surface area (Å²) in [6.45, 7) is 0. The van der Waals surface area contributed by atoms with Crippen LogP contribution in [0.1, 0.15) is 33.4 Å². The molecule has 3 heterocycles. The van der Waals surface area contributed by atoms with E-state index in [0.717, 1.165) is 104 Å². The van der Waals surface area contributed by atoms with Gasteiger partial charge < -0.3 is 15.0 Å². The van der Waals surface area contributed by atoms with Crippen LogP contribution in [0.3, 0.4) is 0 Å². The fourth-order valence-corrected chi connectivity index (χ4v) is 8.74. The van der Waals surface area contributed by atoms with Crippen molar-refractivity contribution in [2.24, 2.45) is 0 Å². The molecule has 0 bridgehead atoms. The van der Waals surface area contributed by atoms with E-state index in [4.69, 9.17) is 0 Å². The predicted molar refractivity (Wildman–Crippen MR) is 272 cm³/mol. The molecule has 0 aliphatic carbocycles. The Labute approximate surface area is 417 Å². The summed E-state index contributed by atoms with van der Waals surface area (Å²) in [7, 11) is 0. The number of hydrogen-bond acceptors (Lipinski definition) is 5. The largest absolute Gasteiger partial charge is 3.00 e. The average molecular weight is 1060 g/mol. The van der Waals surface area contributed by atoms with Crippen molar-refractivity contribution >= 4 is 0 Å². The molecule has 0 radical (unpaired) electrons. The molecule has 0 aliphatic rings. The first-order valence-electron chi connectivity index (χ1n) is 22.7. The zero-order valence-corrected chi connectivity index (χ0v) is 39.9. The van der Waals surface area contributed by atoms with Crippen molar-refractivity contribution in [3.8, 4) is 90.4 Å². The minimum Gasteiger partial charge on any atom is -0.305 e. The van der Waals surface area contributed by atoms with E-state index in [1.807, 2.05) is 97.3 Å². The van der Waals surface area contributed by atoms with Crippen LogP contribution in [-0.4, -0.2) is 15.0 Å². The SMILES string of the molecule is N#Cc1ccc(-c2ccc(-c3cc(-c4ccccn4)[c-]cc3-c3ccccc3-c3cc(CCc4c[c-]c(-c5ccccn5)cc4)cc(CCc4c[c-]c(-c5ccccn5)cc4)c3)c(C#N)c2)cc1.[Ir+3]. The van der Waals surface area contributed by atoms with Gasteiger partial charge in [-0.25, -0.2) is 0 Å². The molecule has 69 heavy (non-hydrogen) atoms. The van der Waals surface area contributed by atoms with Crippen molar-refractivity contribution in [1.29, 1.82) is 10.5 Å². The van der Waals surface area contributed by atoms with Gasteiger partial charge in [0, 0.05) is 18.6 Å². The van der Waals surface area contributed by atoms with Crippen molar-refractivity contribution in [2.45, 2.75) is 25.7 Å². The third-order valence-corrected chi connectivity index (χ3v) is 12.3. The van der Waals surface area contributed by atoms with Gasteiger partial charge in [0.25, 0.3) is 0 Å². The van der Waals surface area contributed by atoms with E-state index in [1.54, 1.807) is 18.3 Å². The molecule has 7 aromatic carbocycles. The molecule has 0 N–H and O–H groups in total. The topological polar surface area (TPSA) is 86.2 Å². The van der Waals surface area contributed by atoms with Crippen molar-refractivity contribution in [2.75, 3.05) is 0 Å². The van der Waals surface area contributed by atoms with E-state index in [-0.39, 0.29) is 20.1 Å². The van der Waals surface area contributed by atoms with Crippen molar-refractivity contribution in [3.63, 3.8) is 0 Å². The van der Waals surface area contributed by atoms with Gasteiger partial charge in [0.2, 0.25) is 0 Å². The Bertz CT molecular complexity index is 3330. The van der Waals surface area contributed by atoms with Gasteiger partial charge in [0.1, 0.15) is 0 Å². The molecule has 10 rings (SSSR count). The van der Waals surface area contributed by atoms with E-state index in [2.05, 4.69) is 136 Å². The number of rotatable bonds is 13. The molecule has 10 aromatic rings. The minimum absolute atomic E-state index is 0. The first-order valence-corrected chi connectivity index (χ1v) is 22.7. The maximum Gasteiger partial charge on any atom is 3.00 e. The minimum atomic E-state index is 0. The van der Waals surface area contributed by atoms with Crippen LogP contribution >= 0.6 is 0 Å². The number of nitriles is 2. The molecule has 6 heteroatoms. The normalized spacial score (nSPS) is 10.7. The quantitative estimate of drug-likeness (QED) is 0.107. The molecule has 328 valence electrons. The second-order valence-corrected chi connectivity index (χ2v) is 16.7. The van der Waals surface area contributed by atoms with Gasteiger partial charge >= 0.3 is 20.1 Å². The summed E-state index contributed by atoms with van der Waals surface area (Å²) in [5.41, 5.74) is 19.2. The molecule has 3 aromatic heterocycles. The van der Waals surface area contributed by atoms with Gasteiger partial charge in [-0.1, -0.05) is 133 Å². The van der Waals surface area contributed by atoms with Crippen LogP contribution in [0.4, 0.5) is 0 Å². The Hall–Kier alpha value is -8.38. The molecular formula is C63H42IrN5. The molecular weight excluding hydrogens is 1020 g/mol. The molecule has 0 unspecified atom stereocenters. The summed E-state index contributed by atoms with van der Waals surface area (Å²) in [6.07, 6.45) is 8.82. The van der Waals surface area contributed by atoms with Crippen molar-refractivity contribution < 1.29 is 20.1 Å². The third kappa shape index (κ3) is 10.6. The van der Waals surface area contributed by atoms with E-state index in [1.165, 1.54) is 22.3 Å². The number of aryl methyl sites for hydroxylation is 4. The van der Waals surface area contributed by atoms with E-state index >= 15 is 0 Å². The molecule has 0 spiro atoms. The van der Waals surface area contributed by atoms with Crippen molar-refractivity contribution in [3.05, 3.63) is 258 Å².